The van der Waals surface area contributed by atoms with Crippen molar-refractivity contribution >= 4 is 34.0 Å². The lowest BCUT2D eigenvalue weighted by molar-refractivity contribution is -0.114. The third-order valence-corrected chi connectivity index (χ3v) is 3.69. The standard InChI is InChI=1S/C11H16FN3O3S.ClH/c1-8(16)15-11-7-9(3-4-10(11)12)19(17,18)14-6-2-5-13;/h3-4,7,14H,2,5-6,13H2,1H3,(H,15,16);1H. The maximum absolute atomic E-state index is 13.4. The number of hydrogen-bond donors (Lipinski definition) is 3. The van der Waals surface area contributed by atoms with Crippen molar-refractivity contribution in [2.45, 2.75) is 18.2 Å². The van der Waals surface area contributed by atoms with Crippen LogP contribution in [0.4, 0.5) is 10.1 Å². The first-order valence-electron chi connectivity index (χ1n) is 5.63. The Morgan fingerprint density at radius 3 is 2.60 bits per heavy atom. The molecule has 0 heterocycles. The number of hydrogen-bond acceptors (Lipinski definition) is 4. The Kier molecular flexibility index (Phi) is 7.66. The fourth-order valence-electron chi connectivity index (χ4n) is 1.35. The SMILES string of the molecule is CC(=O)Nc1cc(S(=O)(=O)NCCCN)ccc1F.Cl. The highest BCUT2D eigenvalue weighted by Gasteiger charge is 2.16. The molecule has 0 aliphatic carbocycles. The summed E-state index contributed by atoms with van der Waals surface area (Å²) < 4.78 is 39.4. The van der Waals surface area contributed by atoms with Gasteiger partial charge in [-0.25, -0.2) is 17.5 Å². The first kappa shape index (κ1) is 18.8. The molecule has 0 saturated heterocycles. The van der Waals surface area contributed by atoms with Crippen LogP contribution >= 0.6 is 12.4 Å². The molecule has 0 aliphatic rings. The molecule has 0 atom stereocenters. The van der Waals surface area contributed by atoms with Gasteiger partial charge in [-0.3, -0.25) is 4.79 Å². The Hall–Kier alpha value is -1.22. The van der Waals surface area contributed by atoms with Gasteiger partial charge in [0, 0.05) is 13.5 Å². The summed E-state index contributed by atoms with van der Waals surface area (Å²) in [4.78, 5) is 10.8. The van der Waals surface area contributed by atoms with E-state index in [0.717, 1.165) is 18.2 Å². The van der Waals surface area contributed by atoms with Crippen LogP contribution in [0, 0.1) is 5.82 Å². The van der Waals surface area contributed by atoms with Crippen molar-refractivity contribution in [1.29, 1.82) is 0 Å². The van der Waals surface area contributed by atoms with E-state index in [1.54, 1.807) is 0 Å². The highest BCUT2D eigenvalue weighted by molar-refractivity contribution is 7.89. The molecule has 4 N–H and O–H groups in total. The fourth-order valence-corrected chi connectivity index (χ4v) is 2.45. The number of nitrogens with one attached hydrogen (secondary N) is 2. The van der Waals surface area contributed by atoms with Crippen molar-refractivity contribution in [3.8, 4) is 0 Å². The predicted molar refractivity (Wildman–Crippen MR) is 76.8 cm³/mol. The van der Waals surface area contributed by atoms with E-state index < -0.39 is 21.7 Å². The van der Waals surface area contributed by atoms with Crippen LogP contribution in [0.1, 0.15) is 13.3 Å². The molecular weight excluding hydrogens is 309 g/mol. The third-order valence-electron chi connectivity index (χ3n) is 2.23. The predicted octanol–water partition coefficient (Wildman–Crippen LogP) is 0.833. The number of amides is 1. The monoisotopic (exact) mass is 325 g/mol. The molecule has 114 valence electrons. The zero-order valence-electron chi connectivity index (χ0n) is 10.8. The first-order chi connectivity index (χ1) is 8.86. The highest BCUT2D eigenvalue weighted by Crippen LogP contribution is 2.19. The molecule has 0 saturated carbocycles. The number of nitrogens with two attached hydrogens (primary N) is 1. The minimum absolute atomic E-state index is 0. The summed E-state index contributed by atoms with van der Waals surface area (Å²) in [6.45, 7) is 1.77. The van der Waals surface area contributed by atoms with Crippen LogP contribution in [0.15, 0.2) is 23.1 Å². The largest absolute Gasteiger partial charge is 0.330 e. The average Bonchev–Trinajstić information content (AvgIpc) is 2.31. The molecule has 1 rings (SSSR count). The fraction of sp³-hybridized carbons (Fsp3) is 0.364. The van der Waals surface area contributed by atoms with E-state index in [1.165, 1.54) is 6.92 Å². The summed E-state index contributed by atoms with van der Waals surface area (Å²) in [6, 6.07) is 3.19. The van der Waals surface area contributed by atoms with E-state index in [9.17, 15) is 17.6 Å². The number of carbonyl (C=O) groups is 1. The van der Waals surface area contributed by atoms with Gasteiger partial charge in [0.25, 0.3) is 0 Å². The smallest absolute Gasteiger partial charge is 0.240 e. The van der Waals surface area contributed by atoms with Gasteiger partial charge in [-0.2, -0.15) is 0 Å². The first-order valence-corrected chi connectivity index (χ1v) is 7.12. The molecule has 0 fully saturated rings. The van der Waals surface area contributed by atoms with Crippen LogP contribution in [0.5, 0.6) is 0 Å². The summed E-state index contributed by atoms with van der Waals surface area (Å²) in [7, 11) is -3.73. The van der Waals surface area contributed by atoms with Gasteiger partial charge in [0.15, 0.2) is 0 Å². The molecule has 0 radical (unpaired) electrons. The maximum Gasteiger partial charge on any atom is 0.240 e. The van der Waals surface area contributed by atoms with Gasteiger partial charge in [-0.05, 0) is 31.2 Å². The minimum Gasteiger partial charge on any atom is -0.330 e. The van der Waals surface area contributed by atoms with Gasteiger partial charge in [0.1, 0.15) is 5.82 Å². The van der Waals surface area contributed by atoms with Gasteiger partial charge in [0.2, 0.25) is 15.9 Å². The van der Waals surface area contributed by atoms with Gasteiger partial charge < -0.3 is 11.1 Å². The van der Waals surface area contributed by atoms with Crippen LogP contribution in [0.25, 0.3) is 0 Å². The Labute approximate surface area is 123 Å². The summed E-state index contributed by atoms with van der Waals surface area (Å²) in [5.41, 5.74) is 5.09. The lowest BCUT2D eigenvalue weighted by atomic mass is 10.3. The van der Waals surface area contributed by atoms with E-state index in [1.807, 2.05) is 0 Å². The molecule has 0 aliphatic heterocycles. The second-order valence-electron chi connectivity index (χ2n) is 3.86. The van der Waals surface area contributed by atoms with Crippen molar-refractivity contribution in [1.82, 2.24) is 4.72 Å². The van der Waals surface area contributed by atoms with E-state index in [0.29, 0.717) is 13.0 Å². The topological polar surface area (TPSA) is 101 Å². The number of carbonyl (C=O) groups excluding carboxylic acids is 1. The minimum atomic E-state index is -3.73. The summed E-state index contributed by atoms with van der Waals surface area (Å²) in [5, 5.41) is 2.23. The zero-order valence-corrected chi connectivity index (χ0v) is 12.5. The van der Waals surface area contributed by atoms with Crippen LogP contribution < -0.4 is 15.8 Å². The maximum atomic E-state index is 13.4. The molecule has 9 heteroatoms. The molecule has 20 heavy (non-hydrogen) atoms. The molecule has 1 aromatic carbocycles. The molecule has 6 nitrogen and oxygen atoms in total. The quantitative estimate of drug-likeness (QED) is 0.674. The Balaban J connectivity index is 0.00000361. The summed E-state index contributed by atoms with van der Waals surface area (Å²) in [5.74, 6) is -1.18. The number of benzene rings is 1. The second-order valence-corrected chi connectivity index (χ2v) is 5.63. The number of halogens is 2. The van der Waals surface area contributed by atoms with Crippen molar-refractivity contribution < 1.29 is 17.6 Å². The lowest BCUT2D eigenvalue weighted by Crippen LogP contribution is -2.26. The van der Waals surface area contributed by atoms with Crippen molar-refractivity contribution in [2.75, 3.05) is 18.4 Å². The van der Waals surface area contributed by atoms with Crippen molar-refractivity contribution in [2.24, 2.45) is 5.73 Å². The lowest BCUT2D eigenvalue weighted by Gasteiger charge is -2.09. The van der Waals surface area contributed by atoms with E-state index in [2.05, 4.69) is 10.0 Å². The van der Waals surface area contributed by atoms with E-state index in [-0.39, 0.29) is 29.5 Å². The van der Waals surface area contributed by atoms with Gasteiger partial charge in [-0.15, -0.1) is 12.4 Å². The van der Waals surface area contributed by atoms with Crippen LogP contribution in [0.2, 0.25) is 0 Å². The van der Waals surface area contributed by atoms with E-state index in [4.69, 9.17) is 5.73 Å². The van der Waals surface area contributed by atoms with Gasteiger partial charge >= 0.3 is 0 Å². The average molecular weight is 326 g/mol. The molecule has 1 aromatic rings. The van der Waals surface area contributed by atoms with E-state index >= 15 is 0 Å². The normalized spacial score (nSPS) is 10.8. The molecular formula is C11H17ClFN3O3S. The molecule has 1 amide bonds. The van der Waals surface area contributed by atoms with Crippen molar-refractivity contribution in [3.63, 3.8) is 0 Å². The molecule has 0 bridgehead atoms. The molecule has 0 aromatic heterocycles. The van der Waals surface area contributed by atoms with Gasteiger partial charge in [-0.1, -0.05) is 0 Å². The number of rotatable bonds is 6. The Morgan fingerprint density at radius 1 is 1.40 bits per heavy atom. The van der Waals surface area contributed by atoms with Gasteiger partial charge in [0.05, 0.1) is 10.6 Å². The van der Waals surface area contributed by atoms with Crippen LogP contribution in [0.3, 0.4) is 0 Å². The summed E-state index contributed by atoms with van der Waals surface area (Å²) in [6.07, 6.45) is 0.499. The Morgan fingerprint density at radius 2 is 2.05 bits per heavy atom. The van der Waals surface area contributed by atoms with Crippen molar-refractivity contribution in [3.05, 3.63) is 24.0 Å². The molecule has 0 unspecified atom stereocenters. The number of anilines is 1. The Bertz CT molecular complexity index is 566. The van der Waals surface area contributed by atoms with Crippen LogP contribution in [-0.2, 0) is 14.8 Å². The number of sulfonamides is 1. The van der Waals surface area contributed by atoms with Crippen LogP contribution in [-0.4, -0.2) is 27.4 Å². The third kappa shape index (κ3) is 5.41. The second kappa shape index (κ2) is 8.15. The zero-order chi connectivity index (χ0) is 14.5. The summed E-state index contributed by atoms with van der Waals surface area (Å²) >= 11 is 0. The molecule has 0 spiro atoms. The highest BCUT2D eigenvalue weighted by atomic mass is 35.5.